The molecule has 0 saturated heterocycles. The van der Waals surface area contributed by atoms with Gasteiger partial charge in [-0.15, -0.1) is 0 Å². The van der Waals surface area contributed by atoms with Crippen LogP contribution in [0.5, 0.6) is 0 Å². The van der Waals surface area contributed by atoms with Gasteiger partial charge in [-0.25, -0.2) is 0 Å². The van der Waals surface area contributed by atoms with Crippen LogP contribution in [0.25, 0.3) is 0 Å². The van der Waals surface area contributed by atoms with Gasteiger partial charge >= 0.3 is 29.6 Å². The molecule has 0 aliphatic heterocycles. The molecule has 0 radical (unpaired) electrons. The van der Waals surface area contributed by atoms with Crippen LogP contribution in [0.2, 0.25) is 0 Å². The molecule has 0 aliphatic carbocycles. The summed E-state index contributed by atoms with van der Waals surface area (Å²) < 4.78 is 25.2. The van der Waals surface area contributed by atoms with Gasteiger partial charge in [0.1, 0.15) is 0 Å². The van der Waals surface area contributed by atoms with Crippen LogP contribution in [0.15, 0.2) is 0 Å². The van der Waals surface area contributed by atoms with Crippen LogP contribution in [0.4, 0.5) is 0 Å². The summed E-state index contributed by atoms with van der Waals surface area (Å²) >= 11 is -1.94. The van der Waals surface area contributed by atoms with E-state index in [-0.39, 0.29) is 40.9 Å². The molecule has 0 fully saturated rings. The largest absolute Gasteiger partial charge is 1.00 e. The number of hydrogen-bond donors (Lipinski definition) is 0. The molecule has 62 valence electrons. The number of hydrogen-bond acceptors (Lipinski definition) is 3. The van der Waals surface area contributed by atoms with Crippen molar-refractivity contribution in [1.82, 2.24) is 0 Å². The topological polar surface area (TPSA) is 49.4 Å². The SMILES string of the molecule is COC(C)(C)CCS(=O)[O-].[Na+]. The van der Waals surface area contributed by atoms with E-state index in [1.54, 1.807) is 7.11 Å². The third-order valence-electron chi connectivity index (χ3n) is 1.42. The Kier molecular flexibility index (Phi) is 8.71. The molecule has 0 amide bonds. The Balaban J connectivity index is 0. The maximum atomic E-state index is 10.1. The van der Waals surface area contributed by atoms with E-state index in [2.05, 4.69) is 0 Å². The molecule has 1 atom stereocenters. The minimum atomic E-state index is -1.94. The van der Waals surface area contributed by atoms with Crippen molar-refractivity contribution in [3.63, 3.8) is 0 Å². The molecular weight excluding hydrogens is 175 g/mol. The molecule has 0 aromatic carbocycles. The average Bonchev–Trinajstić information content (AvgIpc) is 1.85. The molecule has 11 heavy (non-hydrogen) atoms. The zero-order valence-corrected chi connectivity index (χ0v) is 10.4. The molecular formula is C6H13NaO3S. The van der Waals surface area contributed by atoms with Gasteiger partial charge in [-0.05, 0) is 20.3 Å². The van der Waals surface area contributed by atoms with Crippen LogP contribution in [0.1, 0.15) is 20.3 Å². The Morgan fingerprint density at radius 3 is 2.27 bits per heavy atom. The van der Waals surface area contributed by atoms with Crippen molar-refractivity contribution in [3.8, 4) is 0 Å². The van der Waals surface area contributed by atoms with E-state index >= 15 is 0 Å². The summed E-state index contributed by atoms with van der Waals surface area (Å²) in [6.07, 6.45) is 0.541. The van der Waals surface area contributed by atoms with Gasteiger partial charge in [-0.2, -0.15) is 0 Å². The first-order valence-corrected chi connectivity index (χ1v) is 4.33. The van der Waals surface area contributed by atoms with E-state index in [1.165, 1.54) is 0 Å². The van der Waals surface area contributed by atoms with Crippen LogP contribution in [-0.4, -0.2) is 27.2 Å². The van der Waals surface area contributed by atoms with Crippen molar-refractivity contribution in [2.75, 3.05) is 12.9 Å². The van der Waals surface area contributed by atoms with Crippen LogP contribution < -0.4 is 29.6 Å². The molecule has 0 saturated carbocycles. The minimum absolute atomic E-state index is 0. The third kappa shape index (κ3) is 8.98. The summed E-state index contributed by atoms with van der Waals surface area (Å²) in [5, 5.41) is 0. The van der Waals surface area contributed by atoms with Gasteiger partial charge in [0.2, 0.25) is 0 Å². The van der Waals surface area contributed by atoms with Crippen LogP contribution in [0.3, 0.4) is 0 Å². The molecule has 0 aromatic rings. The summed E-state index contributed by atoms with van der Waals surface area (Å²) in [7, 11) is 1.58. The van der Waals surface area contributed by atoms with Crippen molar-refractivity contribution in [2.45, 2.75) is 25.9 Å². The summed E-state index contributed by atoms with van der Waals surface area (Å²) in [5.74, 6) is 0.167. The third-order valence-corrected chi connectivity index (χ3v) is 1.96. The smallest absolute Gasteiger partial charge is 0.772 e. The maximum Gasteiger partial charge on any atom is 1.00 e. The second-order valence-corrected chi connectivity index (χ2v) is 3.74. The van der Waals surface area contributed by atoms with Gasteiger partial charge < -0.3 is 9.29 Å². The van der Waals surface area contributed by atoms with Gasteiger partial charge in [0.05, 0.1) is 5.60 Å². The first-order chi connectivity index (χ1) is 4.48. The monoisotopic (exact) mass is 188 g/mol. The molecule has 5 heteroatoms. The van der Waals surface area contributed by atoms with Gasteiger partial charge in [0, 0.05) is 12.9 Å². The predicted molar refractivity (Wildman–Crippen MR) is 39.5 cm³/mol. The van der Waals surface area contributed by atoms with E-state index in [1.807, 2.05) is 13.8 Å². The van der Waals surface area contributed by atoms with Gasteiger partial charge in [-0.1, -0.05) is 11.1 Å². The molecule has 0 aliphatic rings. The van der Waals surface area contributed by atoms with E-state index in [0.29, 0.717) is 6.42 Å². The van der Waals surface area contributed by atoms with Gasteiger partial charge in [-0.3, -0.25) is 4.21 Å². The summed E-state index contributed by atoms with van der Waals surface area (Å²) in [6, 6.07) is 0. The Bertz CT molecular complexity index is 127. The first-order valence-electron chi connectivity index (χ1n) is 3.09. The molecule has 0 bridgehead atoms. The summed E-state index contributed by atoms with van der Waals surface area (Å²) in [5.41, 5.74) is -0.319. The Hall–Kier alpha value is 1.07. The normalized spacial score (nSPS) is 13.8. The zero-order chi connectivity index (χ0) is 8.20. The fourth-order valence-corrected chi connectivity index (χ4v) is 1.09. The Morgan fingerprint density at radius 2 is 2.00 bits per heavy atom. The predicted octanol–water partition coefficient (Wildman–Crippen LogP) is -2.32. The molecule has 0 spiro atoms. The average molecular weight is 188 g/mol. The number of methoxy groups -OCH3 is 1. The van der Waals surface area contributed by atoms with E-state index < -0.39 is 11.1 Å². The fraction of sp³-hybridized carbons (Fsp3) is 1.00. The van der Waals surface area contributed by atoms with Crippen molar-refractivity contribution >= 4 is 11.1 Å². The van der Waals surface area contributed by atoms with Crippen molar-refractivity contribution < 1.29 is 43.1 Å². The molecule has 3 nitrogen and oxygen atoms in total. The number of ether oxygens (including phenoxy) is 1. The molecule has 0 N–H and O–H groups in total. The minimum Gasteiger partial charge on any atom is -0.772 e. The summed E-state index contributed by atoms with van der Waals surface area (Å²) in [4.78, 5) is 0. The number of rotatable bonds is 4. The van der Waals surface area contributed by atoms with Crippen LogP contribution in [-0.2, 0) is 15.8 Å². The van der Waals surface area contributed by atoms with E-state index in [4.69, 9.17) is 4.74 Å². The second-order valence-electron chi connectivity index (χ2n) is 2.72. The maximum absolute atomic E-state index is 10.1. The first kappa shape index (κ1) is 14.6. The standard InChI is InChI=1S/C6H14O3S.Na/c1-6(2,9-3)4-5-10(7)8;/h4-5H2,1-3H3,(H,7,8);/q;+1/p-1. The second kappa shape index (κ2) is 6.57. The molecule has 1 unspecified atom stereocenters. The van der Waals surface area contributed by atoms with Crippen molar-refractivity contribution in [3.05, 3.63) is 0 Å². The fourth-order valence-electron chi connectivity index (χ4n) is 0.431. The van der Waals surface area contributed by atoms with E-state index in [9.17, 15) is 8.76 Å². The van der Waals surface area contributed by atoms with Crippen molar-refractivity contribution in [1.29, 1.82) is 0 Å². The van der Waals surface area contributed by atoms with Crippen LogP contribution >= 0.6 is 0 Å². The molecule has 0 aromatic heterocycles. The quantitative estimate of drug-likeness (QED) is 0.368. The van der Waals surface area contributed by atoms with Crippen molar-refractivity contribution in [2.24, 2.45) is 0 Å². The van der Waals surface area contributed by atoms with Crippen LogP contribution in [0, 0.1) is 0 Å². The Labute approximate surface area is 92.5 Å². The molecule has 0 rings (SSSR count). The molecule has 0 heterocycles. The van der Waals surface area contributed by atoms with Gasteiger partial charge in [0.15, 0.2) is 0 Å². The summed E-state index contributed by atoms with van der Waals surface area (Å²) in [6.45, 7) is 3.72. The zero-order valence-electron chi connectivity index (χ0n) is 7.55. The van der Waals surface area contributed by atoms with Gasteiger partial charge in [0.25, 0.3) is 0 Å². The Morgan fingerprint density at radius 1 is 1.55 bits per heavy atom. The van der Waals surface area contributed by atoms with E-state index in [0.717, 1.165) is 0 Å².